The van der Waals surface area contributed by atoms with Gasteiger partial charge < -0.3 is 35.4 Å². The zero-order chi connectivity index (χ0) is 34.1. The van der Waals surface area contributed by atoms with E-state index in [1.165, 1.54) is 6.26 Å². The minimum absolute atomic E-state index is 0.0609. The van der Waals surface area contributed by atoms with Crippen molar-refractivity contribution in [1.82, 2.24) is 26.0 Å². The number of hydrogen-bond donors (Lipinski definition) is 4. The molecule has 1 aromatic heterocycles. The number of benzene rings is 1. The first-order valence-electron chi connectivity index (χ1n) is 16.4. The van der Waals surface area contributed by atoms with E-state index in [4.69, 9.17) is 9.26 Å². The maximum Gasteiger partial charge on any atom is 0.318 e. The summed E-state index contributed by atoms with van der Waals surface area (Å²) < 4.78 is 10.1. The van der Waals surface area contributed by atoms with E-state index in [1.807, 2.05) is 58.0 Å². The van der Waals surface area contributed by atoms with Crippen LogP contribution in [0.3, 0.4) is 0 Å². The Balaban J connectivity index is 1.42. The van der Waals surface area contributed by atoms with Gasteiger partial charge in [-0.1, -0.05) is 63.2 Å². The van der Waals surface area contributed by atoms with Crippen LogP contribution in [0.25, 0.3) is 0 Å². The number of anilines is 1. The first-order chi connectivity index (χ1) is 22.3. The number of piperidine rings is 1. The van der Waals surface area contributed by atoms with Crippen LogP contribution < -0.4 is 21.3 Å². The van der Waals surface area contributed by atoms with Crippen LogP contribution in [0.5, 0.6) is 0 Å². The number of ether oxygens (including phenoxy) is 1. The van der Waals surface area contributed by atoms with E-state index in [2.05, 4.69) is 26.4 Å². The molecule has 2 aliphatic rings. The Morgan fingerprint density at radius 1 is 0.872 bits per heavy atom. The van der Waals surface area contributed by atoms with Crippen molar-refractivity contribution in [3.63, 3.8) is 0 Å². The molecule has 0 saturated carbocycles. The molecule has 4 N–H and O–H groups in total. The quantitative estimate of drug-likeness (QED) is 0.212. The number of carbonyl (C=O) groups is 5. The lowest BCUT2D eigenvalue weighted by atomic mass is 9.93. The molecule has 47 heavy (non-hydrogen) atoms. The summed E-state index contributed by atoms with van der Waals surface area (Å²) in [6, 6.07) is 7.78. The van der Waals surface area contributed by atoms with Crippen LogP contribution in [0, 0.1) is 17.8 Å². The number of carbonyl (C=O) groups excluding carboxylic acids is 5. The van der Waals surface area contributed by atoms with Gasteiger partial charge in [-0.05, 0) is 50.0 Å². The first kappa shape index (κ1) is 35.6. The molecule has 0 radical (unpaired) electrons. The van der Waals surface area contributed by atoms with Gasteiger partial charge in [-0.15, -0.1) is 0 Å². The van der Waals surface area contributed by atoms with E-state index < -0.39 is 41.6 Å². The lowest BCUT2D eigenvalue weighted by Gasteiger charge is -2.33. The first-order valence-corrected chi connectivity index (χ1v) is 16.4. The monoisotopic (exact) mass is 652 g/mol. The van der Waals surface area contributed by atoms with Crippen molar-refractivity contribution in [2.75, 3.05) is 25.0 Å². The van der Waals surface area contributed by atoms with Gasteiger partial charge in [0.15, 0.2) is 11.6 Å². The molecule has 13 heteroatoms. The summed E-state index contributed by atoms with van der Waals surface area (Å²) in [7, 11) is 0. The second kappa shape index (κ2) is 16.0. The molecule has 0 unspecified atom stereocenters. The molecule has 2 aliphatic heterocycles. The van der Waals surface area contributed by atoms with E-state index in [-0.39, 0.29) is 35.9 Å². The number of aromatic nitrogens is 1. The Labute approximate surface area is 275 Å². The fraction of sp³-hybridized carbons (Fsp3) is 0.588. The maximum atomic E-state index is 13.8. The minimum atomic E-state index is -0.995. The highest BCUT2D eigenvalue weighted by Gasteiger charge is 2.50. The van der Waals surface area contributed by atoms with Crippen LogP contribution in [-0.4, -0.2) is 83.0 Å². The minimum Gasteiger partial charge on any atom is -0.363 e. The maximum absolute atomic E-state index is 13.8. The molecular formula is C34H48N6O7. The fourth-order valence-electron chi connectivity index (χ4n) is 5.72. The molecule has 1 aromatic carbocycles. The smallest absolute Gasteiger partial charge is 0.318 e. The molecule has 13 nitrogen and oxygen atoms in total. The molecule has 256 valence electrons. The number of nitrogens with zero attached hydrogens (tertiary/aromatic N) is 2. The number of nitrogens with one attached hydrogen (secondary N) is 4. The predicted octanol–water partition coefficient (Wildman–Crippen LogP) is 3.07. The van der Waals surface area contributed by atoms with Crippen molar-refractivity contribution >= 4 is 35.4 Å². The number of rotatable bonds is 15. The Morgan fingerprint density at radius 3 is 2.04 bits per heavy atom. The number of ketones is 1. The number of amides is 5. The van der Waals surface area contributed by atoms with Gasteiger partial charge in [0.1, 0.15) is 23.9 Å². The van der Waals surface area contributed by atoms with Gasteiger partial charge in [0.05, 0.1) is 12.6 Å². The third-order valence-corrected chi connectivity index (χ3v) is 8.52. The molecular weight excluding hydrogens is 604 g/mol. The molecule has 2 aromatic rings. The number of likely N-dealkylation sites (tertiary alicyclic amines) is 1. The summed E-state index contributed by atoms with van der Waals surface area (Å²) in [5.74, 6) is -1.10. The SMILES string of the molecule is CC(C)C[C@H](NC(=O)N1CCC(C(=O)Nc2ccon2)CC1)C(=O)N[C@@H](Cc1ccccc1)C(=O)N[C@@H](CC(C)C)C(=O)[C@@]1(C)CO1. The molecule has 2 fully saturated rings. The van der Waals surface area contributed by atoms with Crippen molar-refractivity contribution in [2.45, 2.75) is 90.4 Å². The largest absolute Gasteiger partial charge is 0.363 e. The Bertz CT molecular complexity index is 1370. The summed E-state index contributed by atoms with van der Waals surface area (Å²) in [4.78, 5) is 68.3. The van der Waals surface area contributed by atoms with Crippen LogP contribution in [0.15, 0.2) is 47.2 Å². The van der Waals surface area contributed by atoms with Gasteiger partial charge in [0.25, 0.3) is 0 Å². The fourth-order valence-corrected chi connectivity index (χ4v) is 5.72. The lowest BCUT2D eigenvalue weighted by Crippen LogP contribution is -2.58. The second-order valence-corrected chi connectivity index (χ2v) is 13.6. The molecule has 4 atom stereocenters. The molecule has 5 amide bonds. The summed E-state index contributed by atoms with van der Waals surface area (Å²) in [5.41, 5.74) is -0.0791. The average Bonchev–Trinajstić information content (AvgIpc) is 3.58. The third kappa shape index (κ3) is 10.4. The Morgan fingerprint density at radius 2 is 1.47 bits per heavy atom. The van der Waals surface area contributed by atoms with Gasteiger partial charge in [-0.2, -0.15) is 0 Å². The van der Waals surface area contributed by atoms with E-state index in [0.29, 0.717) is 51.2 Å². The molecule has 0 spiro atoms. The van der Waals surface area contributed by atoms with Crippen LogP contribution in [-0.2, 0) is 30.3 Å². The van der Waals surface area contributed by atoms with Gasteiger partial charge in [-0.3, -0.25) is 19.2 Å². The number of epoxide rings is 1. The van der Waals surface area contributed by atoms with Crippen LogP contribution in [0.2, 0.25) is 0 Å². The summed E-state index contributed by atoms with van der Waals surface area (Å²) >= 11 is 0. The summed E-state index contributed by atoms with van der Waals surface area (Å²) in [6.07, 6.45) is 3.26. The van der Waals surface area contributed by atoms with E-state index >= 15 is 0 Å². The van der Waals surface area contributed by atoms with Crippen molar-refractivity contribution in [3.05, 3.63) is 48.2 Å². The topological polar surface area (TPSA) is 175 Å². The van der Waals surface area contributed by atoms with Crippen LogP contribution >= 0.6 is 0 Å². The summed E-state index contributed by atoms with van der Waals surface area (Å²) in [6.45, 7) is 10.5. The highest BCUT2D eigenvalue weighted by molar-refractivity contribution is 5.98. The molecule has 4 rings (SSSR count). The third-order valence-electron chi connectivity index (χ3n) is 8.52. The average molecular weight is 653 g/mol. The zero-order valence-corrected chi connectivity index (χ0v) is 27.9. The predicted molar refractivity (Wildman–Crippen MR) is 174 cm³/mol. The number of hydrogen-bond acceptors (Lipinski definition) is 8. The highest BCUT2D eigenvalue weighted by Crippen LogP contribution is 2.29. The lowest BCUT2D eigenvalue weighted by molar-refractivity contribution is -0.133. The van der Waals surface area contributed by atoms with Gasteiger partial charge in [-0.25, -0.2) is 4.79 Å². The van der Waals surface area contributed by atoms with E-state index in [0.717, 1.165) is 5.56 Å². The number of Topliss-reactive ketones (excluding diaryl/α,β-unsaturated/α-hetero) is 1. The standard InChI is InChI=1S/C34H48N6O7/c1-21(2)17-25(29(41)34(5)20-46-34)35-32(44)27(19-23-9-7-6-8-10-23)36-31(43)26(18-22(3)4)37-33(45)40-14-11-24(12-15-40)30(42)38-28-13-16-47-39-28/h6-10,13,16,21-22,24-27H,11-12,14-15,17-20H2,1-5H3,(H,35,44)(H,36,43)(H,37,45)(H,38,39,42)/t25-,26-,27-,34+/m0/s1. The van der Waals surface area contributed by atoms with Crippen LogP contribution in [0.4, 0.5) is 10.6 Å². The highest BCUT2D eigenvalue weighted by atomic mass is 16.6. The van der Waals surface area contributed by atoms with Crippen molar-refractivity contribution < 1.29 is 33.2 Å². The molecule has 0 bridgehead atoms. The van der Waals surface area contributed by atoms with E-state index in [9.17, 15) is 24.0 Å². The molecule has 2 saturated heterocycles. The number of urea groups is 1. The second-order valence-electron chi connectivity index (χ2n) is 13.6. The normalized spacial score (nSPS) is 19.9. The van der Waals surface area contributed by atoms with Crippen molar-refractivity contribution in [1.29, 1.82) is 0 Å². The molecule has 3 heterocycles. The molecule has 0 aliphatic carbocycles. The Hall–Kier alpha value is -4.26. The van der Waals surface area contributed by atoms with Gasteiger partial charge >= 0.3 is 6.03 Å². The van der Waals surface area contributed by atoms with Crippen LogP contribution in [0.1, 0.15) is 65.9 Å². The van der Waals surface area contributed by atoms with Gasteiger partial charge in [0, 0.05) is 31.5 Å². The zero-order valence-electron chi connectivity index (χ0n) is 27.9. The van der Waals surface area contributed by atoms with Gasteiger partial charge in [0.2, 0.25) is 17.7 Å². The van der Waals surface area contributed by atoms with Crippen molar-refractivity contribution in [3.8, 4) is 0 Å². The van der Waals surface area contributed by atoms with E-state index in [1.54, 1.807) is 17.9 Å². The summed E-state index contributed by atoms with van der Waals surface area (Å²) in [5, 5.41) is 15.1. The van der Waals surface area contributed by atoms with Crippen molar-refractivity contribution in [2.24, 2.45) is 17.8 Å². The Kier molecular flexibility index (Phi) is 12.1.